The highest BCUT2D eigenvalue weighted by Crippen LogP contribution is 2.49. The van der Waals surface area contributed by atoms with Crippen LogP contribution in [0.15, 0.2) is 36.4 Å². The summed E-state index contributed by atoms with van der Waals surface area (Å²) in [4.78, 5) is 21.1. The van der Waals surface area contributed by atoms with Crippen LogP contribution >= 0.6 is 7.60 Å². The number of nitrogens with one attached hydrogen (secondary N) is 1. The Kier molecular flexibility index (Phi) is 5.59. The minimum atomic E-state index is -3.97. The van der Waals surface area contributed by atoms with Crippen molar-refractivity contribution in [1.29, 1.82) is 0 Å². The smallest absolute Gasteiger partial charge is 0.350 e. The highest BCUT2D eigenvalue weighted by Gasteiger charge is 2.32. The Balaban J connectivity index is 2.37. The maximum Gasteiger partial charge on any atom is 0.350 e. The molecule has 0 saturated heterocycles. The molecule has 8 heteroatoms. The van der Waals surface area contributed by atoms with Gasteiger partial charge < -0.3 is 14.7 Å². The van der Waals surface area contributed by atoms with Gasteiger partial charge in [0.05, 0.1) is 16.4 Å². The fraction of sp³-hybridized carbons (Fsp3) is 0.375. The third kappa shape index (κ3) is 3.93. The van der Waals surface area contributed by atoms with Crippen molar-refractivity contribution in [3.63, 3.8) is 0 Å². The fourth-order valence-electron chi connectivity index (χ4n) is 2.30. The SMILES string of the molecule is CCC(C)OP(=O)(O)C(C)Nc1ccc2ccccc2c1[N+](=O)[O-]. The van der Waals surface area contributed by atoms with Crippen molar-refractivity contribution >= 4 is 29.7 Å². The number of nitrogens with zero attached hydrogens (tertiary/aromatic N) is 1. The molecule has 0 aliphatic rings. The molecule has 3 unspecified atom stereocenters. The topological polar surface area (TPSA) is 102 Å². The van der Waals surface area contributed by atoms with Gasteiger partial charge in [-0.2, -0.15) is 0 Å². The second kappa shape index (κ2) is 7.30. The molecular formula is C16H21N2O5P. The second-order valence-corrected chi connectivity index (χ2v) is 7.76. The van der Waals surface area contributed by atoms with E-state index in [2.05, 4.69) is 5.32 Å². The van der Waals surface area contributed by atoms with Gasteiger partial charge in [-0.25, -0.2) is 0 Å². The van der Waals surface area contributed by atoms with Crippen LogP contribution in [0.4, 0.5) is 11.4 Å². The summed E-state index contributed by atoms with van der Waals surface area (Å²) in [5, 5.41) is 15.5. The number of rotatable bonds is 7. The van der Waals surface area contributed by atoms with Crippen LogP contribution in [0.3, 0.4) is 0 Å². The van der Waals surface area contributed by atoms with Crippen LogP contribution in [0.1, 0.15) is 27.2 Å². The minimum absolute atomic E-state index is 0.122. The van der Waals surface area contributed by atoms with Gasteiger partial charge in [-0.15, -0.1) is 0 Å². The van der Waals surface area contributed by atoms with E-state index in [1.54, 1.807) is 43.3 Å². The van der Waals surface area contributed by atoms with Gasteiger partial charge in [0.2, 0.25) is 0 Å². The zero-order chi connectivity index (χ0) is 17.9. The van der Waals surface area contributed by atoms with Crippen LogP contribution in [0, 0.1) is 10.1 Å². The maximum atomic E-state index is 12.3. The molecule has 0 aliphatic heterocycles. The van der Waals surface area contributed by atoms with E-state index in [4.69, 9.17) is 4.52 Å². The van der Waals surface area contributed by atoms with E-state index in [1.165, 1.54) is 6.92 Å². The van der Waals surface area contributed by atoms with E-state index in [9.17, 15) is 19.6 Å². The first-order chi connectivity index (χ1) is 11.3. The quantitative estimate of drug-likeness (QED) is 0.432. The molecule has 7 nitrogen and oxygen atoms in total. The standard InChI is InChI=1S/C16H21N2O5P/c1-4-11(2)23-24(21,22)12(3)17-15-10-9-13-7-5-6-8-14(13)16(15)18(19)20/h5-12,17H,4H2,1-3H3,(H,21,22). The Morgan fingerprint density at radius 2 is 1.96 bits per heavy atom. The Labute approximate surface area is 140 Å². The van der Waals surface area contributed by atoms with Crippen LogP contribution in [0.25, 0.3) is 10.8 Å². The number of nitro groups is 1. The lowest BCUT2D eigenvalue weighted by Gasteiger charge is -2.23. The highest BCUT2D eigenvalue weighted by atomic mass is 31.2. The molecule has 2 rings (SSSR count). The van der Waals surface area contributed by atoms with Crippen molar-refractivity contribution < 1.29 is 18.9 Å². The van der Waals surface area contributed by atoms with Crippen molar-refractivity contribution in [3.8, 4) is 0 Å². The Morgan fingerprint density at radius 1 is 1.29 bits per heavy atom. The lowest BCUT2D eigenvalue weighted by molar-refractivity contribution is -0.382. The predicted octanol–water partition coefficient (Wildman–Crippen LogP) is 4.51. The zero-order valence-corrected chi connectivity index (χ0v) is 14.7. The van der Waals surface area contributed by atoms with Crippen molar-refractivity contribution in [2.45, 2.75) is 39.1 Å². The van der Waals surface area contributed by atoms with Crippen molar-refractivity contribution in [2.75, 3.05) is 5.32 Å². The van der Waals surface area contributed by atoms with Gasteiger partial charge in [-0.1, -0.05) is 31.2 Å². The molecule has 2 aromatic rings. The molecule has 0 bridgehead atoms. The molecule has 24 heavy (non-hydrogen) atoms. The number of fused-ring (bicyclic) bond motifs is 1. The molecule has 0 aromatic heterocycles. The third-order valence-electron chi connectivity index (χ3n) is 3.84. The molecule has 3 atom stereocenters. The van der Waals surface area contributed by atoms with Crippen LogP contribution < -0.4 is 5.32 Å². The average molecular weight is 352 g/mol. The van der Waals surface area contributed by atoms with Crippen LogP contribution in [0.2, 0.25) is 0 Å². The zero-order valence-electron chi connectivity index (χ0n) is 13.8. The lowest BCUT2D eigenvalue weighted by Crippen LogP contribution is -2.20. The molecule has 0 aliphatic carbocycles. The average Bonchev–Trinajstić information content (AvgIpc) is 2.53. The molecule has 0 heterocycles. The molecule has 0 amide bonds. The van der Waals surface area contributed by atoms with E-state index in [-0.39, 0.29) is 17.5 Å². The molecule has 130 valence electrons. The number of nitro benzene ring substituents is 1. The summed E-state index contributed by atoms with van der Waals surface area (Å²) in [5.41, 5.74) is 0.0664. The number of hydrogen-bond acceptors (Lipinski definition) is 5. The fourth-order valence-corrected chi connectivity index (χ4v) is 3.45. The van der Waals surface area contributed by atoms with Crippen LogP contribution in [0.5, 0.6) is 0 Å². The summed E-state index contributed by atoms with van der Waals surface area (Å²) in [5.74, 6) is -0.980. The van der Waals surface area contributed by atoms with E-state index >= 15 is 0 Å². The van der Waals surface area contributed by atoms with Gasteiger partial charge >= 0.3 is 7.60 Å². The summed E-state index contributed by atoms with van der Waals surface area (Å²) < 4.78 is 17.5. The Bertz CT molecular complexity index is 795. The largest absolute Gasteiger partial charge is 0.366 e. The summed E-state index contributed by atoms with van der Waals surface area (Å²) in [7, 11) is -3.97. The number of hydrogen-bond donors (Lipinski definition) is 2. The maximum absolute atomic E-state index is 12.3. The van der Waals surface area contributed by atoms with Gasteiger partial charge in [0.25, 0.3) is 5.69 Å². The summed E-state index contributed by atoms with van der Waals surface area (Å²) >= 11 is 0. The molecule has 0 radical (unpaired) electrons. The number of benzene rings is 2. The summed E-state index contributed by atoms with van der Waals surface area (Å²) in [6, 6.07) is 10.2. The summed E-state index contributed by atoms with van der Waals surface area (Å²) in [6.07, 6.45) is 0.213. The first-order valence-corrected chi connectivity index (χ1v) is 9.34. The first kappa shape index (κ1) is 18.4. The molecule has 0 saturated carbocycles. The van der Waals surface area contributed by atoms with E-state index < -0.39 is 18.3 Å². The van der Waals surface area contributed by atoms with Crippen molar-refractivity contribution in [2.24, 2.45) is 0 Å². The molecule has 0 fully saturated rings. The predicted molar refractivity (Wildman–Crippen MR) is 94.4 cm³/mol. The van der Waals surface area contributed by atoms with E-state index in [1.807, 2.05) is 6.92 Å². The monoisotopic (exact) mass is 352 g/mol. The Hall–Kier alpha value is -1.95. The molecule has 2 aromatic carbocycles. The van der Waals surface area contributed by atoms with Crippen LogP contribution in [-0.4, -0.2) is 21.7 Å². The van der Waals surface area contributed by atoms with E-state index in [0.29, 0.717) is 11.8 Å². The van der Waals surface area contributed by atoms with Gasteiger partial charge in [0, 0.05) is 0 Å². The molecule has 0 spiro atoms. The minimum Gasteiger partial charge on any atom is -0.366 e. The molecule has 2 N–H and O–H groups in total. The normalized spacial score (nSPS) is 16.3. The summed E-state index contributed by atoms with van der Waals surface area (Å²) in [6.45, 7) is 5.02. The third-order valence-corrected chi connectivity index (χ3v) is 5.61. The van der Waals surface area contributed by atoms with Gasteiger partial charge in [0.1, 0.15) is 11.5 Å². The van der Waals surface area contributed by atoms with Gasteiger partial charge in [-0.3, -0.25) is 14.7 Å². The number of anilines is 1. The van der Waals surface area contributed by atoms with Crippen molar-refractivity contribution in [1.82, 2.24) is 0 Å². The molecular weight excluding hydrogens is 331 g/mol. The Morgan fingerprint density at radius 3 is 2.58 bits per heavy atom. The van der Waals surface area contributed by atoms with Gasteiger partial charge in [0.15, 0.2) is 0 Å². The van der Waals surface area contributed by atoms with E-state index in [0.717, 1.165) is 5.39 Å². The van der Waals surface area contributed by atoms with Crippen LogP contribution in [-0.2, 0) is 9.09 Å². The lowest BCUT2D eigenvalue weighted by atomic mass is 10.1. The first-order valence-electron chi connectivity index (χ1n) is 7.69. The highest BCUT2D eigenvalue weighted by molar-refractivity contribution is 7.53. The van der Waals surface area contributed by atoms with Gasteiger partial charge in [-0.05, 0) is 37.8 Å². The second-order valence-electron chi connectivity index (χ2n) is 5.65. The van der Waals surface area contributed by atoms with Crippen molar-refractivity contribution in [3.05, 3.63) is 46.5 Å².